The van der Waals surface area contributed by atoms with Crippen LogP contribution in [0.2, 0.25) is 0 Å². The van der Waals surface area contributed by atoms with Gasteiger partial charge in [-0.3, -0.25) is 4.72 Å². The number of H-pyrrole nitrogens is 1. The van der Waals surface area contributed by atoms with Crippen LogP contribution in [0.3, 0.4) is 0 Å². The lowest BCUT2D eigenvalue weighted by Gasteiger charge is -2.07. The minimum absolute atomic E-state index is 0.0177. The number of aromatic amines is 1. The molecule has 2 rings (SSSR count). The maximum absolute atomic E-state index is 12.1. The van der Waals surface area contributed by atoms with Crippen LogP contribution in [0.1, 0.15) is 12.7 Å². The van der Waals surface area contributed by atoms with Crippen LogP contribution in [0, 0.1) is 11.3 Å². The number of rotatable bonds is 6. The van der Waals surface area contributed by atoms with E-state index in [0.717, 1.165) is 0 Å². The number of anilines is 1. The van der Waals surface area contributed by atoms with Gasteiger partial charge in [-0.15, -0.1) is 0 Å². The minimum Gasteiger partial charge on any atom is -0.479 e. The molecule has 0 amide bonds. The second kappa shape index (κ2) is 6.28. The first-order valence-corrected chi connectivity index (χ1v) is 7.70. The van der Waals surface area contributed by atoms with Gasteiger partial charge in [-0.05, 0) is 24.3 Å². The van der Waals surface area contributed by atoms with Crippen molar-refractivity contribution in [2.75, 3.05) is 11.3 Å². The molecule has 21 heavy (non-hydrogen) atoms. The van der Waals surface area contributed by atoms with E-state index < -0.39 is 10.0 Å². The molecule has 0 radical (unpaired) electrons. The fraction of sp³-hybridized carbons (Fsp3) is 0.231. The Balaban J connectivity index is 2.11. The molecule has 1 aromatic heterocycles. The molecule has 0 saturated carbocycles. The second-order valence-corrected chi connectivity index (χ2v) is 5.78. The smallest absolute Gasteiger partial charge is 0.278 e. The summed E-state index contributed by atoms with van der Waals surface area (Å²) in [7, 11) is -3.69. The average molecular weight is 306 g/mol. The summed E-state index contributed by atoms with van der Waals surface area (Å²) >= 11 is 0. The molecule has 1 aromatic carbocycles. The summed E-state index contributed by atoms with van der Waals surface area (Å²) in [6.45, 7) is 1.82. The Kier molecular flexibility index (Phi) is 4.45. The predicted molar refractivity (Wildman–Crippen MR) is 76.3 cm³/mol. The quantitative estimate of drug-likeness (QED) is 0.844. The number of benzene rings is 1. The van der Waals surface area contributed by atoms with Crippen molar-refractivity contribution in [2.45, 2.75) is 18.4 Å². The molecule has 2 N–H and O–H groups in total. The highest BCUT2D eigenvalue weighted by molar-refractivity contribution is 7.92. The van der Waals surface area contributed by atoms with Gasteiger partial charge in [0, 0.05) is 12.1 Å². The topological polar surface area (TPSA) is 108 Å². The van der Waals surface area contributed by atoms with E-state index in [-0.39, 0.29) is 11.6 Å². The number of aryl methyl sites for hydroxylation is 1. The molecule has 1 heterocycles. The molecule has 0 aliphatic carbocycles. The number of aromatic nitrogens is 2. The normalized spacial score (nSPS) is 10.9. The fourth-order valence-electron chi connectivity index (χ4n) is 1.60. The van der Waals surface area contributed by atoms with Crippen LogP contribution in [-0.4, -0.2) is 25.0 Å². The van der Waals surface area contributed by atoms with Gasteiger partial charge in [-0.25, -0.2) is 4.98 Å². The maximum atomic E-state index is 12.1. The highest BCUT2D eigenvalue weighted by Crippen LogP contribution is 2.18. The van der Waals surface area contributed by atoms with Crippen molar-refractivity contribution in [1.82, 2.24) is 9.97 Å². The van der Waals surface area contributed by atoms with Crippen LogP contribution in [0.4, 0.5) is 5.69 Å². The molecular weight excluding hydrogens is 292 g/mol. The van der Waals surface area contributed by atoms with E-state index in [1.165, 1.54) is 6.20 Å². The van der Waals surface area contributed by atoms with E-state index in [4.69, 9.17) is 10.00 Å². The van der Waals surface area contributed by atoms with Gasteiger partial charge in [0.15, 0.2) is 11.6 Å². The van der Waals surface area contributed by atoms with Crippen LogP contribution in [-0.2, 0) is 16.4 Å². The van der Waals surface area contributed by atoms with Crippen LogP contribution < -0.4 is 9.46 Å². The molecule has 7 nitrogen and oxygen atoms in total. The molecule has 0 bridgehead atoms. The van der Waals surface area contributed by atoms with E-state index in [1.54, 1.807) is 24.3 Å². The van der Waals surface area contributed by atoms with Crippen molar-refractivity contribution in [2.24, 2.45) is 0 Å². The molecule has 0 aliphatic rings. The zero-order valence-corrected chi connectivity index (χ0v) is 12.1. The minimum atomic E-state index is -3.69. The molecule has 2 aromatic rings. The van der Waals surface area contributed by atoms with Crippen LogP contribution >= 0.6 is 0 Å². The molecule has 8 heteroatoms. The second-order valence-electron chi connectivity index (χ2n) is 4.12. The van der Waals surface area contributed by atoms with Gasteiger partial charge in [0.05, 0.1) is 6.20 Å². The molecule has 110 valence electrons. The van der Waals surface area contributed by atoms with Crippen molar-refractivity contribution >= 4 is 15.7 Å². The largest absolute Gasteiger partial charge is 0.479 e. The van der Waals surface area contributed by atoms with E-state index in [1.807, 2.05) is 13.0 Å². The predicted octanol–water partition coefficient (Wildman–Crippen LogP) is 1.68. The van der Waals surface area contributed by atoms with Crippen LogP contribution in [0.25, 0.3) is 0 Å². The van der Waals surface area contributed by atoms with Crippen LogP contribution in [0.5, 0.6) is 5.75 Å². The summed E-state index contributed by atoms with van der Waals surface area (Å²) in [4.78, 5) is 6.71. The summed E-state index contributed by atoms with van der Waals surface area (Å²) < 4.78 is 31.8. The van der Waals surface area contributed by atoms with Gasteiger partial charge in [-0.2, -0.15) is 13.7 Å². The molecule has 0 unspecified atom stereocenters. The van der Waals surface area contributed by atoms with Crippen molar-refractivity contribution in [1.29, 1.82) is 5.26 Å². The number of nitrogens with zero attached hydrogens (tertiary/aromatic N) is 2. The first-order chi connectivity index (χ1) is 10.0. The average Bonchev–Trinajstić information content (AvgIpc) is 2.96. The van der Waals surface area contributed by atoms with E-state index >= 15 is 0 Å². The molecule has 0 aliphatic heterocycles. The summed E-state index contributed by atoms with van der Waals surface area (Å²) in [5.74, 6) is 1.10. The Bertz CT molecular complexity index is 744. The van der Waals surface area contributed by atoms with Gasteiger partial charge in [0.2, 0.25) is 0 Å². The highest BCUT2D eigenvalue weighted by atomic mass is 32.2. The first-order valence-electron chi connectivity index (χ1n) is 6.21. The summed E-state index contributed by atoms with van der Waals surface area (Å²) in [6.07, 6.45) is 1.91. The number of ether oxygens (including phenoxy) is 1. The molecule has 0 fully saturated rings. The molecular formula is C13H14N4O3S. The zero-order chi connectivity index (χ0) is 15.3. The lowest BCUT2D eigenvalue weighted by molar-refractivity contribution is 0.368. The first kappa shape index (κ1) is 14.9. The molecule has 0 atom stereocenters. The molecule has 0 saturated heterocycles. The number of imidazole rings is 1. The monoisotopic (exact) mass is 306 g/mol. The van der Waals surface area contributed by atoms with E-state index in [2.05, 4.69) is 14.7 Å². The molecule has 0 spiro atoms. The van der Waals surface area contributed by atoms with Crippen molar-refractivity contribution in [3.63, 3.8) is 0 Å². The van der Waals surface area contributed by atoms with Gasteiger partial charge < -0.3 is 9.72 Å². The summed E-state index contributed by atoms with van der Waals surface area (Å²) in [6, 6.07) is 8.13. The summed E-state index contributed by atoms with van der Waals surface area (Å²) in [5.41, 5.74) is 0.395. The van der Waals surface area contributed by atoms with Gasteiger partial charge in [0.25, 0.3) is 10.0 Å². The Morgan fingerprint density at radius 1 is 1.38 bits per heavy atom. The SMILES string of the molecule is CCc1ncc(S(=O)(=O)Nc2ccc(OCC#N)cc2)[nH]1. The highest BCUT2D eigenvalue weighted by Gasteiger charge is 2.17. The number of sulfonamides is 1. The van der Waals surface area contributed by atoms with Gasteiger partial charge in [-0.1, -0.05) is 6.92 Å². The third-order valence-corrected chi connectivity index (χ3v) is 3.93. The number of hydrogen-bond donors (Lipinski definition) is 2. The lowest BCUT2D eigenvalue weighted by Crippen LogP contribution is -2.13. The lowest BCUT2D eigenvalue weighted by atomic mass is 10.3. The summed E-state index contributed by atoms with van der Waals surface area (Å²) in [5, 5.41) is 8.43. The maximum Gasteiger partial charge on any atom is 0.278 e. The van der Waals surface area contributed by atoms with Crippen molar-refractivity contribution in [3.8, 4) is 11.8 Å². The third-order valence-electron chi connectivity index (χ3n) is 2.64. The Morgan fingerprint density at radius 3 is 2.67 bits per heavy atom. The number of nitrogens with one attached hydrogen (secondary N) is 2. The number of hydrogen-bond acceptors (Lipinski definition) is 5. The van der Waals surface area contributed by atoms with Crippen LogP contribution in [0.15, 0.2) is 35.5 Å². The number of nitriles is 1. The fourth-order valence-corrected chi connectivity index (χ4v) is 2.60. The zero-order valence-electron chi connectivity index (χ0n) is 11.3. The van der Waals surface area contributed by atoms with Crippen molar-refractivity contribution < 1.29 is 13.2 Å². The van der Waals surface area contributed by atoms with Gasteiger partial charge >= 0.3 is 0 Å². The van der Waals surface area contributed by atoms with E-state index in [9.17, 15) is 8.42 Å². The standard InChI is InChI=1S/C13H14N4O3S/c1-2-12-15-9-13(16-12)21(18,19)17-10-3-5-11(6-4-10)20-8-7-14/h3-6,9,17H,2,8H2,1H3,(H,15,16). The van der Waals surface area contributed by atoms with E-state index in [0.29, 0.717) is 23.7 Å². The Labute approximate surface area is 122 Å². The van der Waals surface area contributed by atoms with Crippen molar-refractivity contribution in [3.05, 3.63) is 36.3 Å². The van der Waals surface area contributed by atoms with Gasteiger partial charge in [0.1, 0.15) is 17.6 Å². The third kappa shape index (κ3) is 3.73. The Morgan fingerprint density at radius 2 is 2.10 bits per heavy atom. The Hall–Kier alpha value is -2.53.